The third kappa shape index (κ3) is 12.7. The predicted molar refractivity (Wildman–Crippen MR) is 12.9 cm³/mol. The van der Waals surface area contributed by atoms with Crippen molar-refractivity contribution in [2.24, 2.45) is 0 Å². The zero-order chi connectivity index (χ0) is 4.00. The molecule has 0 unspecified atom stereocenters. The molecule has 0 aliphatic heterocycles. The predicted octanol–water partition coefficient (Wildman–Crippen LogP) is -0.999. The molecule has 4 heavy (non-hydrogen) atoms. The van der Waals surface area contributed by atoms with E-state index in [2.05, 4.69) is 0 Å². The summed E-state index contributed by atoms with van der Waals surface area (Å²) in [5, 5.41) is 0. The minimum atomic E-state index is 0.300. The molecule has 2 nitrogen and oxygen atoms in total. The Morgan fingerprint density at radius 3 is 1.25 bits per heavy atom. The van der Waals surface area contributed by atoms with E-state index in [1.165, 1.54) is 15.9 Å². The van der Waals surface area contributed by atoms with Gasteiger partial charge in [0.25, 0.3) is 0 Å². The SMILES string of the molecule is O=[Se].[O]=[Sn]. The van der Waals surface area contributed by atoms with Crippen molar-refractivity contribution in [1.29, 1.82) is 0 Å². The van der Waals surface area contributed by atoms with Crippen molar-refractivity contribution in [2.45, 2.75) is 0 Å². The van der Waals surface area contributed by atoms with Crippen LogP contribution in [0.25, 0.3) is 0 Å². The van der Waals surface area contributed by atoms with Crippen LogP contribution in [0.15, 0.2) is 0 Å². The quantitative estimate of drug-likeness (QED) is 0.500. The fraction of sp³-hybridized carbons (Fsp3) is 0. The van der Waals surface area contributed by atoms with Gasteiger partial charge >= 0.3 is 45.4 Å². The second-order valence-electron chi connectivity index (χ2n) is 0. The molecule has 0 spiro atoms. The summed E-state index contributed by atoms with van der Waals surface area (Å²) in [5.41, 5.74) is 0. The molecule has 0 atom stereocenters. The zero-order valence-electron chi connectivity index (χ0n) is 1.72. The third-order valence-corrected chi connectivity index (χ3v) is 0. The average Bonchev–Trinajstić information content (AvgIpc) is 1.50. The molecule has 0 heterocycles. The molecule has 0 fully saturated rings. The first-order valence-electron chi connectivity index (χ1n) is 0.371. The van der Waals surface area contributed by atoms with E-state index in [0.717, 1.165) is 0 Å². The molecule has 0 bridgehead atoms. The summed E-state index contributed by atoms with van der Waals surface area (Å²) >= 11 is 1.68. The first kappa shape index (κ1) is 8.87. The van der Waals surface area contributed by atoms with Crippen LogP contribution in [0.3, 0.4) is 0 Å². The van der Waals surface area contributed by atoms with Gasteiger partial charge in [0.2, 0.25) is 0 Å². The molecule has 2 radical (unpaired) electrons. The molecule has 0 aromatic carbocycles. The van der Waals surface area contributed by atoms with Gasteiger partial charge in [-0.3, -0.25) is 0 Å². The van der Waals surface area contributed by atoms with Gasteiger partial charge in [-0.2, -0.15) is 0 Å². The summed E-state index contributed by atoms with van der Waals surface area (Å²) in [6.07, 6.45) is 0. The van der Waals surface area contributed by atoms with Crippen molar-refractivity contribution in [3.8, 4) is 0 Å². The molecule has 22 valence electrons. The van der Waals surface area contributed by atoms with Crippen LogP contribution in [0.5, 0.6) is 0 Å². The van der Waals surface area contributed by atoms with Crippen LogP contribution in [0, 0.1) is 0 Å². The molecular formula is O2SeSn. The Balaban J connectivity index is 0. The zero-order valence-corrected chi connectivity index (χ0v) is 6.29. The van der Waals surface area contributed by atoms with Crippen molar-refractivity contribution in [1.82, 2.24) is 0 Å². The summed E-state index contributed by atoms with van der Waals surface area (Å²) < 4.78 is 16.5. The Hall–Kier alpha value is 0.918. The minimum absolute atomic E-state index is 0.300. The Morgan fingerprint density at radius 2 is 1.25 bits per heavy atom. The van der Waals surface area contributed by atoms with Gasteiger partial charge in [0.1, 0.15) is 0 Å². The fourth-order valence-corrected chi connectivity index (χ4v) is 0. The maximum atomic E-state index is 8.34. The molecule has 0 aliphatic carbocycles. The van der Waals surface area contributed by atoms with Gasteiger partial charge in [-0.25, -0.2) is 0 Å². The van der Waals surface area contributed by atoms with Gasteiger partial charge in [-0.1, -0.05) is 0 Å². The molecule has 0 aromatic rings. The Morgan fingerprint density at radius 1 is 1.25 bits per heavy atom. The molecule has 4 heteroatoms. The van der Waals surface area contributed by atoms with Crippen LogP contribution in [-0.4, -0.2) is 38.5 Å². The monoisotopic (exact) mass is 232 g/mol. The summed E-state index contributed by atoms with van der Waals surface area (Å²) in [7, 11) is 0. The fourth-order valence-electron chi connectivity index (χ4n) is 0. The number of hydrogen-bond acceptors (Lipinski definition) is 2. The van der Waals surface area contributed by atoms with E-state index < -0.39 is 0 Å². The molecule has 0 rings (SSSR count). The van der Waals surface area contributed by atoms with Gasteiger partial charge in [-0.05, 0) is 0 Å². The first-order valence-corrected chi connectivity index (χ1v) is 2.24. The Bertz CT molecular complexity index is 8.00. The first-order chi connectivity index (χ1) is 2.00. The maximum absolute atomic E-state index is 8.34. The molecule has 0 N–H and O–H groups in total. The van der Waals surface area contributed by atoms with Crippen LogP contribution in [0.2, 0.25) is 0 Å². The van der Waals surface area contributed by atoms with Gasteiger partial charge < -0.3 is 0 Å². The number of hydrogen-bond donors (Lipinski definition) is 0. The van der Waals surface area contributed by atoms with E-state index >= 15 is 0 Å². The van der Waals surface area contributed by atoms with E-state index in [9.17, 15) is 0 Å². The molecule has 0 saturated carbocycles. The van der Waals surface area contributed by atoms with Gasteiger partial charge in [0, 0.05) is 0 Å². The van der Waals surface area contributed by atoms with Gasteiger partial charge in [-0.15, -0.1) is 0 Å². The van der Waals surface area contributed by atoms with Crippen LogP contribution in [0.1, 0.15) is 0 Å². The van der Waals surface area contributed by atoms with Crippen molar-refractivity contribution in [3.05, 3.63) is 0 Å². The van der Waals surface area contributed by atoms with E-state index in [1.807, 2.05) is 0 Å². The van der Waals surface area contributed by atoms with Crippen LogP contribution < -0.4 is 0 Å². The van der Waals surface area contributed by atoms with Crippen molar-refractivity contribution >= 4 is 38.5 Å². The molecular weight excluding hydrogens is 230 g/mol. The Labute approximate surface area is 45.4 Å². The summed E-state index contributed by atoms with van der Waals surface area (Å²) in [6.45, 7) is 0. The van der Waals surface area contributed by atoms with Crippen LogP contribution in [-0.2, 0) is 6.91 Å². The van der Waals surface area contributed by atoms with E-state index in [1.54, 1.807) is 0 Å². The van der Waals surface area contributed by atoms with Crippen LogP contribution in [0.4, 0.5) is 0 Å². The third-order valence-electron chi connectivity index (χ3n) is 0. The average molecular weight is 230 g/mol. The van der Waals surface area contributed by atoms with Crippen molar-refractivity contribution < 1.29 is 6.91 Å². The van der Waals surface area contributed by atoms with Crippen molar-refractivity contribution in [3.63, 3.8) is 0 Å². The van der Waals surface area contributed by atoms with Gasteiger partial charge in [0.05, 0.1) is 0 Å². The normalized spacial score (nSPS) is 2.00. The van der Waals surface area contributed by atoms with Gasteiger partial charge in [0.15, 0.2) is 0 Å². The van der Waals surface area contributed by atoms with E-state index in [0.29, 0.717) is 22.5 Å². The summed E-state index contributed by atoms with van der Waals surface area (Å²) in [4.78, 5) is 0. The molecule has 0 aliphatic rings. The van der Waals surface area contributed by atoms with E-state index in [4.69, 9.17) is 6.91 Å². The molecule has 0 saturated heterocycles. The molecule has 0 aromatic heterocycles. The second-order valence-corrected chi connectivity index (χ2v) is 0. The standard InChI is InChI=1S/OSe.O.Sn/c1-2;;. The Kier molecular flexibility index (Phi) is 87.7. The topological polar surface area (TPSA) is 34.1 Å². The second kappa shape index (κ2) is 39.6. The molecule has 0 amide bonds. The van der Waals surface area contributed by atoms with Crippen molar-refractivity contribution in [2.75, 3.05) is 0 Å². The van der Waals surface area contributed by atoms with E-state index in [-0.39, 0.29) is 0 Å². The number of rotatable bonds is 0. The summed E-state index contributed by atoms with van der Waals surface area (Å²) in [5.74, 6) is 0. The van der Waals surface area contributed by atoms with Crippen LogP contribution >= 0.6 is 0 Å². The summed E-state index contributed by atoms with van der Waals surface area (Å²) in [6, 6.07) is 0.